The summed E-state index contributed by atoms with van der Waals surface area (Å²) in [6, 6.07) is 7.90. The van der Waals surface area contributed by atoms with Gasteiger partial charge in [-0.1, -0.05) is 0 Å². The van der Waals surface area contributed by atoms with Crippen LogP contribution in [0.4, 0.5) is 5.69 Å². The Labute approximate surface area is 116 Å². The van der Waals surface area contributed by atoms with Crippen LogP contribution in [0.3, 0.4) is 0 Å². The van der Waals surface area contributed by atoms with Gasteiger partial charge in [0.2, 0.25) is 0 Å². The molecule has 2 spiro atoms. The molecular formula is C11H10Br2NO2P. The molecule has 1 aromatic rings. The first kappa shape index (κ1) is 10.8. The van der Waals surface area contributed by atoms with Crippen molar-refractivity contribution in [2.45, 2.75) is 18.4 Å². The summed E-state index contributed by atoms with van der Waals surface area (Å²) in [4.78, 5) is 0. The van der Waals surface area contributed by atoms with E-state index in [1.807, 2.05) is 24.3 Å². The molecule has 6 heteroatoms. The molecule has 1 saturated carbocycles. The van der Waals surface area contributed by atoms with Crippen LogP contribution >= 0.6 is 37.3 Å². The van der Waals surface area contributed by atoms with Crippen molar-refractivity contribution in [3.8, 4) is 5.75 Å². The Kier molecular flexibility index (Phi) is 1.84. The van der Waals surface area contributed by atoms with Gasteiger partial charge in [0.15, 0.2) is 0 Å². The van der Waals surface area contributed by atoms with Crippen LogP contribution in [0.2, 0.25) is 0 Å². The Hall–Kier alpha value is -0.0900. The Bertz CT molecular complexity index is 545. The van der Waals surface area contributed by atoms with Crippen LogP contribution < -0.4 is 9.61 Å². The Morgan fingerprint density at radius 1 is 1.29 bits per heavy atom. The van der Waals surface area contributed by atoms with E-state index in [0.29, 0.717) is 0 Å². The molecule has 1 aliphatic carbocycles. The first-order chi connectivity index (χ1) is 8.01. The van der Waals surface area contributed by atoms with E-state index in [9.17, 15) is 0 Å². The summed E-state index contributed by atoms with van der Waals surface area (Å²) in [6.45, 7) is 0. The quantitative estimate of drug-likeness (QED) is 0.651. The average molecular weight is 379 g/mol. The van der Waals surface area contributed by atoms with Gasteiger partial charge in [0.1, 0.15) is 0 Å². The number of halogens is 2. The fourth-order valence-corrected chi connectivity index (χ4v) is 10.3. The van der Waals surface area contributed by atoms with E-state index < -0.39 is 5.91 Å². The molecule has 1 aromatic carbocycles. The first-order valence-electron chi connectivity index (χ1n) is 5.44. The zero-order chi connectivity index (χ0) is 11.8. The molecule has 3 nitrogen and oxygen atoms in total. The van der Waals surface area contributed by atoms with E-state index in [1.54, 1.807) is 0 Å². The number of para-hydroxylation sites is 2. The van der Waals surface area contributed by atoms with E-state index in [-0.39, 0.29) is 5.60 Å². The SMILES string of the molecule is BrC1=CP2(Br)(Nc3ccccc3O2)OC12CC2. The summed E-state index contributed by atoms with van der Waals surface area (Å²) in [7, 11) is 0. The summed E-state index contributed by atoms with van der Waals surface area (Å²) >= 11 is 7.33. The van der Waals surface area contributed by atoms with Gasteiger partial charge in [-0.2, -0.15) is 0 Å². The molecule has 2 aliphatic heterocycles. The van der Waals surface area contributed by atoms with Crippen LogP contribution in [-0.4, -0.2) is 5.60 Å². The molecule has 0 bridgehead atoms. The fraction of sp³-hybridized carbons (Fsp3) is 0.273. The maximum absolute atomic E-state index is 6.27. The zero-order valence-electron chi connectivity index (χ0n) is 8.82. The number of nitrogens with one attached hydrogen (secondary N) is 1. The molecule has 0 amide bonds. The van der Waals surface area contributed by atoms with Gasteiger partial charge in [-0.3, -0.25) is 0 Å². The normalized spacial score (nSPS) is 30.9. The van der Waals surface area contributed by atoms with Crippen molar-refractivity contribution in [1.29, 1.82) is 0 Å². The summed E-state index contributed by atoms with van der Waals surface area (Å²) in [5, 5.41) is 3.41. The topological polar surface area (TPSA) is 30.5 Å². The first-order valence-corrected chi connectivity index (χ1v) is 10.4. The Morgan fingerprint density at radius 2 is 2.06 bits per heavy atom. The molecule has 4 rings (SSSR count). The second kappa shape index (κ2) is 2.90. The van der Waals surface area contributed by atoms with Crippen molar-refractivity contribution < 1.29 is 9.05 Å². The molecule has 0 saturated heterocycles. The van der Waals surface area contributed by atoms with Crippen molar-refractivity contribution in [3.63, 3.8) is 0 Å². The average Bonchev–Trinajstić information content (AvgIpc) is 2.88. The molecular weight excluding hydrogens is 369 g/mol. The molecule has 90 valence electrons. The minimum atomic E-state index is -3.04. The van der Waals surface area contributed by atoms with Gasteiger partial charge < -0.3 is 0 Å². The minimum absolute atomic E-state index is 0.142. The predicted octanol–water partition coefficient (Wildman–Crippen LogP) is 4.90. The van der Waals surface area contributed by atoms with Crippen molar-refractivity contribution >= 4 is 43.0 Å². The van der Waals surface area contributed by atoms with Crippen molar-refractivity contribution in [2.24, 2.45) is 0 Å². The van der Waals surface area contributed by atoms with Gasteiger partial charge >= 0.3 is 116 Å². The van der Waals surface area contributed by atoms with Crippen LogP contribution in [0.15, 0.2) is 34.6 Å². The zero-order valence-corrected chi connectivity index (χ0v) is 12.9. The third-order valence-electron chi connectivity index (χ3n) is 3.29. The molecule has 1 N–H and O–H groups in total. The third-order valence-corrected chi connectivity index (χ3v) is 9.17. The van der Waals surface area contributed by atoms with E-state index in [2.05, 4.69) is 42.3 Å². The molecule has 0 unspecified atom stereocenters. The number of benzene rings is 1. The van der Waals surface area contributed by atoms with Crippen LogP contribution in [-0.2, 0) is 4.52 Å². The van der Waals surface area contributed by atoms with Crippen LogP contribution in [0.1, 0.15) is 12.8 Å². The maximum atomic E-state index is 6.27. The van der Waals surface area contributed by atoms with Crippen LogP contribution in [0, 0.1) is 0 Å². The molecule has 1 fully saturated rings. The fourth-order valence-electron chi connectivity index (χ4n) is 2.31. The van der Waals surface area contributed by atoms with E-state index >= 15 is 0 Å². The second-order valence-electron chi connectivity index (χ2n) is 4.68. The van der Waals surface area contributed by atoms with E-state index in [0.717, 1.165) is 28.8 Å². The number of rotatable bonds is 0. The molecule has 0 radical (unpaired) electrons. The van der Waals surface area contributed by atoms with Crippen molar-refractivity contribution in [2.75, 3.05) is 5.09 Å². The second-order valence-corrected chi connectivity index (χ2v) is 12.2. The van der Waals surface area contributed by atoms with Gasteiger partial charge in [-0.05, 0) is 0 Å². The number of hydrogen-bond acceptors (Lipinski definition) is 3. The number of anilines is 1. The Morgan fingerprint density at radius 3 is 2.71 bits per heavy atom. The molecule has 3 aliphatic rings. The molecule has 0 aromatic heterocycles. The van der Waals surface area contributed by atoms with Crippen molar-refractivity contribution in [1.82, 2.24) is 0 Å². The van der Waals surface area contributed by atoms with E-state index in [4.69, 9.17) is 9.05 Å². The summed E-state index contributed by atoms with van der Waals surface area (Å²) in [5.74, 6) is -0.139. The summed E-state index contributed by atoms with van der Waals surface area (Å²) in [5.41, 5.74) is 0.840. The van der Waals surface area contributed by atoms with Gasteiger partial charge in [0.05, 0.1) is 0 Å². The van der Waals surface area contributed by atoms with E-state index in [1.165, 1.54) is 0 Å². The Balaban J connectivity index is 1.82. The van der Waals surface area contributed by atoms with Gasteiger partial charge in [-0.25, -0.2) is 0 Å². The third kappa shape index (κ3) is 1.40. The number of fused-ring (bicyclic) bond motifs is 1. The monoisotopic (exact) mass is 377 g/mol. The van der Waals surface area contributed by atoms with Gasteiger partial charge in [0.25, 0.3) is 0 Å². The van der Waals surface area contributed by atoms with Gasteiger partial charge in [0, 0.05) is 0 Å². The molecule has 2 heterocycles. The van der Waals surface area contributed by atoms with Crippen LogP contribution in [0.25, 0.3) is 0 Å². The predicted molar refractivity (Wildman–Crippen MR) is 76.6 cm³/mol. The van der Waals surface area contributed by atoms with Crippen LogP contribution in [0.5, 0.6) is 5.75 Å². The standard InChI is InChI=1S/C11H10Br2NO2P/c12-10-7-17(13,16-11(10)5-6-11)14-8-3-1-2-4-9(8)15-17/h1-4,7,14H,5-6H2. The molecule has 17 heavy (non-hydrogen) atoms. The summed E-state index contributed by atoms with van der Waals surface area (Å²) < 4.78 is 13.5. The molecule has 0 atom stereocenters. The van der Waals surface area contributed by atoms with Crippen molar-refractivity contribution in [3.05, 3.63) is 34.6 Å². The van der Waals surface area contributed by atoms with Gasteiger partial charge in [-0.15, -0.1) is 0 Å². The summed E-state index contributed by atoms with van der Waals surface area (Å²) in [6.07, 6.45) is 2.10. The number of hydrogen-bond donors (Lipinski definition) is 1.